The van der Waals surface area contributed by atoms with E-state index in [0.717, 1.165) is 18.4 Å². The Bertz CT molecular complexity index is 1220. The molecule has 0 fully saturated rings. The van der Waals surface area contributed by atoms with E-state index in [0.29, 0.717) is 11.8 Å². The van der Waals surface area contributed by atoms with Gasteiger partial charge in [0.25, 0.3) is 0 Å². The van der Waals surface area contributed by atoms with Crippen LogP contribution in [-0.4, -0.2) is 5.84 Å². The lowest BCUT2D eigenvalue weighted by molar-refractivity contribution is 0.346. The van der Waals surface area contributed by atoms with Gasteiger partial charge in [0.1, 0.15) is 5.84 Å². The first kappa shape index (κ1) is 20.8. The van der Waals surface area contributed by atoms with E-state index < -0.39 is 0 Å². The average molecular weight is 424 g/mol. The second-order valence-corrected chi connectivity index (χ2v) is 9.76. The molecular weight excluding hydrogens is 390 g/mol. The van der Waals surface area contributed by atoms with Crippen LogP contribution in [0.2, 0.25) is 0 Å². The van der Waals surface area contributed by atoms with Crippen LogP contribution in [-0.2, 0) is 6.42 Å². The second kappa shape index (κ2) is 7.51. The van der Waals surface area contributed by atoms with Crippen LogP contribution in [0.3, 0.4) is 0 Å². The number of rotatable bonds is 2. The van der Waals surface area contributed by atoms with E-state index in [1.54, 1.807) is 0 Å². The Morgan fingerprint density at radius 1 is 0.875 bits per heavy atom. The average Bonchev–Trinajstić information content (AvgIpc) is 2.80. The number of amidine groups is 1. The quantitative estimate of drug-likeness (QED) is 0.331. The predicted molar refractivity (Wildman–Crippen MR) is 134 cm³/mol. The van der Waals surface area contributed by atoms with E-state index in [1.807, 2.05) is 6.07 Å². The van der Waals surface area contributed by atoms with E-state index in [9.17, 15) is 0 Å². The number of hydrogen-bond acceptors (Lipinski definition) is 2. The van der Waals surface area contributed by atoms with Gasteiger partial charge in [-0.15, -0.1) is 0 Å². The minimum Gasteiger partial charge on any atom is -0.384 e. The third-order valence-corrected chi connectivity index (χ3v) is 8.37. The standard InChI is InChI=1S/C29H33N3/c1-15-16(2)18(4)26(19(5)17(15)3)28-23-12-10-20-8-6-7-9-22(20)27(23)24-14-21(29(30)31)11-13-25(24)32-28/h6-9,11,13-14,23,27-28,32H,10,12H2,1-5H3,(H3,30,31)/t23-,27+,28-/m1/s1. The van der Waals surface area contributed by atoms with Gasteiger partial charge in [0.2, 0.25) is 0 Å². The van der Waals surface area contributed by atoms with Gasteiger partial charge in [0, 0.05) is 17.2 Å². The lowest BCUT2D eigenvalue weighted by atomic mass is 9.64. The monoisotopic (exact) mass is 423 g/mol. The summed E-state index contributed by atoms with van der Waals surface area (Å²) in [6.07, 6.45) is 2.26. The summed E-state index contributed by atoms with van der Waals surface area (Å²) in [5.41, 5.74) is 20.6. The molecule has 3 heteroatoms. The van der Waals surface area contributed by atoms with Gasteiger partial charge in [-0.25, -0.2) is 0 Å². The summed E-state index contributed by atoms with van der Waals surface area (Å²) < 4.78 is 0. The van der Waals surface area contributed by atoms with Crippen LogP contribution in [0.15, 0.2) is 42.5 Å². The molecule has 1 heterocycles. The van der Waals surface area contributed by atoms with Gasteiger partial charge in [-0.3, -0.25) is 5.41 Å². The number of anilines is 1. The van der Waals surface area contributed by atoms with Crippen molar-refractivity contribution in [3.8, 4) is 0 Å². The molecule has 0 amide bonds. The minimum absolute atomic E-state index is 0.132. The summed E-state index contributed by atoms with van der Waals surface area (Å²) in [6, 6.07) is 15.4. The van der Waals surface area contributed by atoms with Crippen molar-refractivity contribution in [1.29, 1.82) is 5.41 Å². The van der Waals surface area contributed by atoms with Crippen LogP contribution in [0.25, 0.3) is 0 Å². The highest BCUT2D eigenvalue weighted by atomic mass is 15.0. The SMILES string of the molecule is Cc1c(C)c(C)c([C@@H]2Nc3ccc(C(=N)N)cc3[C@H]3c4ccccc4CC[C@H]32)c(C)c1C. The van der Waals surface area contributed by atoms with Crippen molar-refractivity contribution in [2.45, 2.75) is 59.4 Å². The highest BCUT2D eigenvalue weighted by Gasteiger charge is 2.42. The number of benzene rings is 3. The molecule has 0 saturated heterocycles. The van der Waals surface area contributed by atoms with Crippen molar-refractivity contribution in [2.24, 2.45) is 11.7 Å². The first-order valence-electron chi connectivity index (χ1n) is 11.7. The smallest absolute Gasteiger partial charge is 0.122 e. The fraction of sp³-hybridized carbons (Fsp3) is 0.345. The zero-order valence-corrected chi connectivity index (χ0v) is 19.8. The molecule has 1 aliphatic carbocycles. The Hall–Kier alpha value is -3.07. The van der Waals surface area contributed by atoms with E-state index >= 15 is 0 Å². The third-order valence-electron chi connectivity index (χ3n) is 8.37. The van der Waals surface area contributed by atoms with Crippen molar-refractivity contribution >= 4 is 11.5 Å². The lowest BCUT2D eigenvalue weighted by Gasteiger charge is -2.46. The Morgan fingerprint density at radius 3 is 2.22 bits per heavy atom. The second-order valence-electron chi connectivity index (χ2n) is 9.76. The van der Waals surface area contributed by atoms with Crippen molar-refractivity contribution in [2.75, 3.05) is 5.32 Å². The Labute approximate surface area is 191 Å². The summed E-state index contributed by atoms with van der Waals surface area (Å²) in [5.74, 6) is 0.895. The van der Waals surface area contributed by atoms with Gasteiger partial charge in [0.15, 0.2) is 0 Å². The topological polar surface area (TPSA) is 61.9 Å². The van der Waals surface area contributed by atoms with Crippen molar-refractivity contribution < 1.29 is 0 Å². The third kappa shape index (κ3) is 2.98. The Morgan fingerprint density at radius 2 is 1.53 bits per heavy atom. The number of nitrogen functional groups attached to an aromatic ring is 1. The zero-order valence-electron chi connectivity index (χ0n) is 19.8. The molecule has 0 radical (unpaired) electrons. The van der Waals surface area contributed by atoms with Crippen molar-refractivity contribution in [3.05, 3.63) is 98.1 Å². The van der Waals surface area contributed by atoms with Crippen LogP contribution in [0.4, 0.5) is 5.69 Å². The van der Waals surface area contributed by atoms with Gasteiger partial charge in [0.05, 0.1) is 6.04 Å². The lowest BCUT2D eigenvalue weighted by Crippen LogP contribution is -2.36. The van der Waals surface area contributed by atoms with Gasteiger partial charge >= 0.3 is 0 Å². The highest BCUT2D eigenvalue weighted by Crippen LogP contribution is 2.54. The Balaban J connectivity index is 1.76. The predicted octanol–water partition coefficient (Wildman–Crippen LogP) is 6.37. The van der Waals surface area contributed by atoms with Crippen molar-refractivity contribution in [1.82, 2.24) is 0 Å². The summed E-state index contributed by atoms with van der Waals surface area (Å²) in [4.78, 5) is 0. The molecule has 0 unspecified atom stereocenters. The number of hydrogen-bond donors (Lipinski definition) is 3. The molecule has 5 rings (SSSR count). The first-order valence-corrected chi connectivity index (χ1v) is 11.7. The molecule has 3 atom stereocenters. The number of aryl methyl sites for hydroxylation is 1. The summed E-state index contributed by atoms with van der Waals surface area (Å²) in [6.45, 7) is 11.4. The van der Waals surface area contributed by atoms with Crippen LogP contribution >= 0.6 is 0 Å². The maximum absolute atomic E-state index is 7.98. The number of fused-ring (bicyclic) bond motifs is 5. The molecule has 164 valence electrons. The molecule has 0 spiro atoms. The van der Waals surface area contributed by atoms with Crippen LogP contribution in [0.5, 0.6) is 0 Å². The Kier molecular flexibility index (Phi) is 4.88. The molecule has 1 aliphatic heterocycles. The number of nitrogens with two attached hydrogens (primary N) is 1. The summed E-state index contributed by atoms with van der Waals surface area (Å²) in [7, 11) is 0. The molecule has 0 saturated carbocycles. The van der Waals surface area contributed by atoms with Crippen LogP contribution in [0.1, 0.15) is 74.0 Å². The van der Waals surface area contributed by atoms with Gasteiger partial charge in [-0.2, -0.15) is 0 Å². The molecule has 32 heavy (non-hydrogen) atoms. The number of nitrogens with one attached hydrogen (secondary N) is 2. The summed E-state index contributed by atoms with van der Waals surface area (Å²) >= 11 is 0. The molecular formula is C29H33N3. The molecule has 0 bridgehead atoms. The molecule has 3 aromatic rings. The van der Waals surface area contributed by atoms with Crippen LogP contribution < -0.4 is 11.1 Å². The molecule has 3 aromatic carbocycles. The maximum atomic E-state index is 7.98. The van der Waals surface area contributed by atoms with E-state index in [2.05, 4.69) is 76.3 Å². The minimum atomic E-state index is 0.132. The first-order chi connectivity index (χ1) is 15.3. The van der Waals surface area contributed by atoms with E-state index in [1.165, 1.54) is 55.8 Å². The van der Waals surface area contributed by atoms with Crippen molar-refractivity contribution in [3.63, 3.8) is 0 Å². The molecule has 2 aliphatic rings. The largest absolute Gasteiger partial charge is 0.384 e. The summed E-state index contributed by atoms with van der Waals surface area (Å²) in [5, 5.41) is 11.9. The maximum Gasteiger partial charge on any atom is 0.122 e. The highest BCUT2D eigenvalue weighted by molar-refractivity contribution is 5.95. The zero-order chi connectivity index (χ0) is 22.7. The molecule has 0 aromatic heterocycles. The fourth-order valence-corrected chi connectivity index (χ4v) is 6.22. The van der Waals surface area contributed by atoms with Crippen LogP contribution in [0, 0.1) is 45.9 Å². The van der Waals surface area contributed by atoms with Gasteiger partial charge in [-0.05, 0) is 122 Å². The van der Waals surface area contributed by atoms with E-state index in [4.69, 9.17) is 11.1 Å². The van der Waals surface area contributed by atoms with Gasteiger partial charge in [-0.1, -0.05) is 24.3 Å². The fourth-order valence-electron chi connectivity index (χ4n) is 6.22. The molecule has 4 N–H and O–H groups in total. The van der Waals surface area contributed by atoms with Gasteiger partial charge < -0.3 is 11.1 Å². The normalized spacial score (nSPS) is 21.2. The van der Waals surface area contributed by atoms with E-state index in [-0.39, 0.29) is 11.9 Å². The molecule has 3 nitrogen and oxygen atoms in total.